The van der Waals surface area contributed by atoms with E-state index in [1.165, 1.54) is 24.3 Å². The largest absolute Gasteiger partial charge is 0.324 e. The van der Waals surface area contributed by atoms with Crippen LogP contribution in [0.5, 0.6) is 0 Å². The average Bonchev–Trinajstić information content (AvgIpc) is 2.45. The molecule has 0 amide bonds. The Morgan fingerprint density at radius 1 is 1.23 bits per heavy atom. The third kappa shape index (κ3) is 6.27. The molecule has 0 bridgehead atoms. The summed E-state index contributed by atoms with van der Waals surface area (Å²) >= 11 is 0. The molecule has 3 N–H and O–H groups in total. The highest BCUT2D eigenvalue weighted by Gasteiger charge is 2.23. The third-order valence-corrected chi connectivity index (χ3v) is 4.85. The van der Waals surface area contributed by atoms with Crippen molar-refractivity contribution in [3.8, 4) is 0 Å². The van der Waals surface area contributed by atoms with E-state index in [9.17, 15) is 18.5 Å². The molecule has 22 heavy (non-hydrogen) atoms. The molecule has 0 saturated carbocycles. The van der Waals surface area contributed by atoms with Crippen LogP contribution in [0.3, 0.4) is 0 Å². The quantitative estimate of drug-likeness (QED) is 0.548. The summed E-state index contributed by atoms with van der Waals surface area (Å²) in [6, 6.07) is 5.45. The van der Waals surface area contributed by atoms with Crippen LogP contribution >= 0.6 is 12.4 Å². The first-order valence-electron chi connectivity index (χ1n) is 6.71. The Kier molecular flexibility index (Phi) is 7.96. The highest BCUT2D eigenvalue weighted by atomic mass is 35.5. The lowest BCUT2D eigenvalue weighted by Gasteiger charge is -2.26. The number of nitrogens with one attached hydrogen (secondary N) is 1. The molecule has 0 unspecified atom stereocenters. The van der Waals surface area contributed by atoms with Gasteiger partial charge < -0.3 is 5.73 Å². The lowest BCUT2D eigenvalue weighted by Crippen LogP contribution is -2.49. The van der Waals surface area contributed by atoms with E-state index < -0.39 is 20.5 Å². The van der Waals surface area contributed by atoms with E-state index in [1.807, 2.05) is 13.8 Å². The summed E-state index contributed by atoms with van der Waals surface area (Å²) in [5.74, 6) is -0.228. The molecule has 1 aromatic rings. The Labute approximate surface area is 136 Å². The zero-order chi connectivity index (χ0) is 16.1. The number of hydrogen-bond donors (Lipinski definition) is 2. The second-order valence-corrected chi connectivity index (χ2v) is 6.88. The molecule has 0 radical (unpaired) electrons. The number of nitrogens with two attached hydrogens (primary N) is 1. The number of nitro groups is 1. The van der Waals surface area contributed by atoms with E-state index in [2.05, 4.69) is 4.72 Å². The number of sulfonamides is 1. The average molecular weight is 352 g/mol. The number of hydrogen-bond acceptors (Lipinski definition) is 5. The smallest absolute Gasteiger partial charge is 0.269 e. The SMILES string of the molecule is CCC(N)(CC)CNS(=O)(=O)Cc1ccc([N+](=O)[O-])cc1.Cl. The minimum Gasteiger partial charge on any atom is -0.324 e. The maximum absolute atomic E-state index is 12.0. The number of benzene rings is 1. The first-order chi connectivity index (χ1) is 9.71. The zero-order valence-electron chi connectivity index (χ0n) is 12.6. The van der Waals surface area contributed by atoms with Gasteiger partial charge in [0, 0.05) is 24.2 Å². The van der Waals surface area contributed by atoms with Crippen molar-refractivity contribution in [1.29, 1.82) is 0 Å². The van der Waals surface area contributed by atoms with E-state index in [4.69, 9.17) is 5.73 Å². The number of rotatable bonds is 8. The highest BCUT2D eigenvalue weighted by molar-refractivity contribution is 7.88. The molecule has 0 aromatic heterocycles. The molecule has 0 aliphatic heterocycles. The Morgan fingerprint density at radius 3 is 2.14 bits per heavy atom. The standard InChI is InChI=1S/C13H21N3O4S.ClH/c1-3-13(14,4-2)10-15-21(19,20)9-11-5-7-12(8-6-11)16(17)18;/h5-8,15H,3-4,9-10,14H2,1-2H3;1H. The predicted octanol–water partition coefficient (Wildman–Crippen LogP) is 1.95. The Morgan fingerprint density at radius 2 is 1.73 bits per heavy atom. The summed E-state index contributed by atoms with van der Waals surface area (Å²) in [7, 11) is -3.52. The normalized spacial score (nSPS) is 11.8. The molecule has 1 rings (SSSR count). The molecular formula is C13H22ClN3O4S. The van der Waals surface area contributed by atoms with Gasteiger partial charge in [0.25, 0.3) is 5.69 Å². The Hall–Kier alpha value is -1.22. The van der Waals surface area contributed by atoms with Crippen molar-refractivity contribution in [3.63, 3.8) is 0 Å². The molecule has 0 aliphatic carbocycles. The molecule has 9 heteroatoms. The van der Waals surface area contributed by atoms with Gasteiger partial charge in [-0.1, -0.05) is 26.0 Å². The van der Waals surface area contributed by atoms with Crippen LogP contribution in [0, 0.1) is 10.1 Å². The van der Waals surface area contributed by atoms with Crippen molar-refractivity contribution in [2.45, 2.75) is 38.0 Å². The lowest BCUT2D eigenvalue weighted by molar-refractivity contribution is -0.384. The molecule has 0 heterocycles. The van der Waals surface area contributed by atoms with E-state index in [1.54, 1.807) is 0 Å². The van der Waals surface area contributed by atoms with Gasteiger partial charge in [0.2, 0.25) is 10.0 Å². The van der Waals surface area contributed by atoms with Crippen LogP contribution in [0.2, 0.25) is 0 Å². The topological polar surface area (TPSA) is 115 Å². The summed E-state index contributed by atoms with van der Waals surface area (Å²) in [5, 5.41) is 10.5. The van der Waals surface area contributed by atoms with E-state index in [-0.39, 0.29) is 30.4 Å². The van der Waals surface area contributed by atoms with Crippen molar-refractivity contribution in [2.75, 3.05) is 6.54 Å². The molecular weight excluding hydrogens is 330 g/mol. The van der Waals surface area contributed by atoms with Crippen molar-refractivity contribution in [3.05, 3.63) is 39.9 Å². The van der Waals surface area contributed by atoms with Gasteiger partial charge in [0.1, 0.15) is 0 Å². The predicted molar refractivity (Wildman–Crippen MR) is 88.5 cm³/mol. The van der Waals surface area contributed by atoms with Crippen LogP contribution in [-0.2, 0) is 15.8 Å². The monoisotopic (exact) mass is 351 g/mol. The first-order valence-corrected chi connectivity index (χ1v) is 8.36. The van der Waals surface area contributed by atoms with E-state index >= 15 is 0 Å². The maximum Gasteiger partial charge on any atom is 0.269 e. The van der Waals surface area contributed by atoms with E-state index in [0.29, 0.717) is 18.4 Å². The number of non-ortho nitro benzene ring substituents is 1. The number of nitro benzene ring substituents is 1. The first kappa shape index (κ1) is 20.8. The van der Waals surface area contributed by atoms with Crippen LogP contribution < -0.4 is 10.5 Å². The van der Waals surface area contributed by atoms with Gasteiger partial charge in [-0.3, -0.25) is 10.1 Å². The van der Waals surface area contributed by atoms with Crippen molar-refractivity contribution in [1.82, 2.24) is 4.72 Å². The second-order valence-electron chi connectivity index (χ2n) is 5.07. The molecule has 0 atom stereocenters. The molecule has 0 fully saturated rings. The van der Waals surface area contributed by atoms with Gasteiger partial charge in [0.05, 0.1) is 10.7 Å². The van der Waals surface area contributed by atoms with Crippen LogP contribution in [0.1, 0.15) is 32.3 Å². The van der Waals surface area contributed by atoms with Gasteiger partial charge in [-0.2, -0.15) is 0 Å². The van der Waals surface area contributed by atoms with Gasteiger partial charge in [-0.15, -0.1) is 12.4 Å². The minimum atomic E-state index is -3.52. The maximum atomic E-state index is 12.0. The van der Waals surface area contributed by atoms with Crippen molar-refractivity contribution < 1.29 is 13.3 Å². The summed E-state index contributed by atoms with van der Waals surface area (Å²) < 4.78 is 26.5. The molecule has 126 valence electrons. The molecule has 0 aliphatic rings. The molecule has 0 saturated heterocycles. The molecule has 0 spiro atoms. The van der Waals surface area contributed by atoms with Gasteiger partial charge >= 0.3 is 0 Å². The summed E-state index contributed by atoms with van der Waals surface area (Å²) in [6.45, 7) is 4.00. The summed E-state index contributed by atoms with van der Waals surface area (Å²) in [4.78, 5) is 10.0. The van der Waals surface area contributed by atoms with Crippen molar-refractivity contribution >= 4 is 28.1 Å². The lowest BCUT2D eigenvalue weighted by atomic mass is 9.95. The Balaban J connectivity index is 0.00000441. The van der Waals surface area contributed by atoms with Crippen LogP contribution in [0.15, 0.2) is 24.3 Å². The second kappa shape index (κ2) is 8.42. The fourth-order valence-corrected chi connectivity index (χ4v) is 2.98. The summed E-state index contributed by atoms with van der Waals surface area (Å²) in [6.07, 6.45) is 1.34. The summed E-state index contributed by atoms with van der Waals surface area (Å²) in [5.41, 5.74) is 5.92. The minimum absolute atomic E-state index is 0. The van der Waals surface area contributed by atoms with Crippen LogP contribution in [-0.4, -0.2) is 25.4 Å². The highest BCUT2D eigenvalue weighted by Crippen LogP contribution is 2.14. The van der Waals surface area contributed by atoms with Gasteiger partial charge in [0.15, 0.2) is 0 Å². The Bertz CT molecular complexity index is 586. The fourth-order valence-electron chi connectivity index (χ4n) is 1.74. The molecule has 7 nitrogen and oxygen atoms in total. The van der Waals surface area contributed by atoms with Gasteiger partial charge in [-0.05, 0) is 18.4 Å². The molecule has 1 aromatic carbocycles. The van der Waals surface area contributed by atoms with E-state index in [0.717, 1.165) is 0 Å². The van der Waals surface area contributed by atoms with Crippen LogP contribution in [0.4, 0.5) is 5.69 Å². The van der Waals surface area contributed by atoms with Crippen LogP contribution in [0.25, 0.3) is 0 Å². The van der Waals surface area contributed by atoms with Crippen molar-refractivity contribution in [2.24, 2.45) is 5.73 Å². The number of halogens is 1. The fraction of sp³-hybridized carbons (Fsp3) is 0.538. The zero-order valence-corrected chi connectivity index (χ0v) is 14.2. The number of nitrogens with zero attached hydrogens (tertiary/aromatic N) is 1. The third-order valence-electron chi connectivity index (χ3n) is 3.56. The van der Waals surface area contributed by atoms with Gasteiger partial charge in [-0.25, -0.2) is 13.1 Å².